The molecule has 0 radical (unpaired) electrons. The number of nitrogens with one attached hydrogen (secondary N) is 1. The Morgan fingerprint density at radius 1 is 1.18 bits per heavy atom. The van der Waals surface area contributed by atoms with E-state index in [0.717, 1.165) is 16.8 Å². The van der Waals surface area contributed by atoms with Crippen LogP contribution in [0.15, 0.2) is 41.0 Å². The van der Waals surface area contributed by atoms with E-state index >= 15 is 0 Å². The molecule has 0 aliphatic carbocycles. The number of hydrogen-bond acceptors (Lipinski definition) is 3. The largest absolute Gasteiger partial charge is 0.467 e. The number of aryl methyl sites for hydroxylation is 2. The van der Waals surface area contributed by atoms with Crippen molar-refractivity contribution in [2.24, 2.45) is 0 Å². The maximum absolute atomic E-state index is 12.1. The fraction of sp³-hybridized carbons (Fsp3) is 0.294. The number of nitrogens with zero attached hydrogens (tertiary/aromatic N) is 1. The zero-order valence-electron chi connectivity index (χ0n) is 13.1. The quantitative estimate of drug-likeness (QED) is 0.923. The van der Waals surface area contributed by atoms with Gasteiger partial charge in [0, 0.05) is 12.6 Å². The molecule has 0 aliphatic rings. The number of furan rings is 1. The van der Waals surface area contributed by atoms with Crippen LogP contribution in [0.3, 0.4) is 0 Å². The molecule has 0 saturated carbocycles. The lowest BCUT2D eigenvalue weighted by molar-refractivity contribution is -0.133. The van der Waals surface area contributed by atoms with E-state index in [1.807, 2.05) is 32.0 Å². The van der Waals surface area contributed by atoms with Gasteiger partial charge in [-0.15, -0.1) is 0 Å². The van der Waals surface area contributed by atoms with E-state index in [1.165, 1.54) is 11.8 Å². The fourth-order valence-electron chi connectivity index (χ4n) is 2.29. The zero-order chi connectivity index (χ0) is 16.1. The van der Waals surface area contributed by atoms with Gasteiger partial charge in [0.25, 0.3) is 0 Å². The third-order valence-electron chi connectivity index (χ3n) is 3.21. The van der Waals surface area contributed by atoms with Crippen molar-refractivity contribution < 1.29 is 14.0 Å². The molecule has 22 heavy (non-hydrogen) atoms. The first-order valence-corrected chi connectivity index (χ1v) is 7.10. The summed E-state index contributed by atoms with van der Waals surface area (Å²) in [7, 11) is 0. The van der Waals surface area contributed by atoms with E-state index in [-0.39, 0.29) is 24.9 Å². The average molecular weight is 300 g/mol. The minimum atomic E-state index is -0.230. The topological polar surface area (TPSA) is 62.6 Å². The second-order valence-electron chi connectivity index (χ2n) is 5.38. The van der Waals surface area contributed by atoms with Crippen LogP contribution in [0.2, 0.25) is 0 Å². The second-order valence-corrected chi connectivity index (χ2v) is 5.38. The van der Waals surface area contributed by atoms with Crippen LogP contribution in [0.4, 0.5) is 5.69 Å². The maximum atomic E-state index is 12.1. The van der Waals surface area contributed by atoms with E-state index in [9.17, 15) is 9.59 Å². The molecule has 0 saturated heterocycles. The third kappa shape index (κ3) is 4.48. The van der Waals surface area contributed by atoms with Crippen molar-refractivity contribution in [1.29, 1.82) is 0 Å². The lowest BCUT2D eigenvalue weighted by Crippen LogP contribution is -2.36. The van der Waals surface area contributed by atoms with Crippen LogP contribution in [-0.4, -0.2) is 23.3 Å². The lowest BCUT2D eigenvalue weighted by Gasteiger charge is -2.19. The summed E-state index contributed by atoms with van der Waals surface area (Å²) in [5.74, 6) is 0.244. The van der Waals surface area contributed by atoms with Gasteiger partial charge in [-0.3, -0.25) is 9.59 Å². The normalized spacial score (nSPS) is 10.3. The van der Waals surface area contributed by atoms with Gasteiger partial charge >= 0.3 is 0 Å². The monoisotopic (exact) mass is 300 g/mol. The predicted molar refractivity (Wildman–Crippen MR) is 84.3 cm³/mol. The first kappa shape index (κ1) is 15.8. The molecule has 2 aromatic rings. The fourth-order valence-corrected chi connectivity index (χ4v) is 2.29. The summed E-state index contributed by atoms with van der Waals surface area (Å²) >= 11 is 0. The zero-order valence-corrected chi connectivity index (χ0v) is 13.1. The van der Waals surface area contributed by atoms with Crippen LogP contribution in [-0.2, 0) is 16.1 Å². The van der Waals surface area contributed by atoms with Gasteiger partial charge in [-0.25, -0.2) is 0 Å². The van der Waals surface area contributed by atoms with Crippen molar-refractivity contribution in [1.82, 2.24) is 4.90 Å². The Bertz CT molecular complexity index is 642. The van der Waals surface area contributed by atoms with Gasteiger partial charge in [0.15, 0.2) is 0 Å². The highest BCUT2D eigenvalue weighted by atomic mass is 16.3. The molecule has 2 rings (SSSR count). The van der Waals surface area contributed by atoms with Gasteiger partial charge in [-0.2, -0.15) is 0 Å². The highest BCUT2D eigenvalue weighted by Crippen LogP contribution is 2.14. The third-order valence-corrected chi connectivity index (χ3v) is 3.21. The highest BCUT2D eigenvalue weighted by molar-refractivity contribution is 5.94. The molecule has 0 atom stereocenters. The van der Waals surface area contributed by atoms with Gasteiger partial charge in [-0.1, -0.05) is 6.07 Å². The molecular formula is C17H20N2O3. The van der Waals surface area contributed by atoms with Crippen molar-refractivity contribution >= 4 is 17.5 Å². The van der Waals surface area contributed by atoms with Crippen LogP contribution >= 0.6 is 0 Å². The molecule has 1 aromatic heterocycles. The standard InChI is InChI=1S/C17H20N2O3/c1-12-7-13(2)9-15(8-12)18-17(21)11-19(14(3)20)10-16-5-4-6-22-16/h4-9H,10-11H2,1-3H3,(H,18,21). The van der Waals surface area contributed by atoms with Crippen LogP contribution in [0.25, 0.3) is 0 Å². The van der Waals surface area contributed by atoms with Crippen molar-refractivity contribution in [2.75, 3.05) is 11.9 Å². The van der Waals surface area contributed by atoms with Crippen LogP contribution in [0.1, 0.15) is 23.8 Å². The van der Waals surface area contributed by atoms with Gasteiger partial charge in [0.2, 0.25) is 11.8 Å². The molecule has 0 bridgehead atoms. The second kappa shape index (κ2) is 6.93. The van der Waals surface area contributed by atoms with Crippen molar-refractivity contribution in [3.05, 3.63) is 53.5 Å². The Balaban J connectivity index is 2.00. The van der Waals surface area contributed by atoms with Crippen LogP contribution in [0.5, 0.6) is 0 Å². The summed E-state index contributed by atoms with van der Waals surface area (Å²) in [5, 5.41) is 2.83. The van der Waals surface area contributed by atoms with Crippen molar-refractivity contribution in [2.45, 2.75) is 27.3 Å². The molecule has 0 aliphatic heterocycles. The van der Waals surface area contributed by atoms with Crippen molar-refractivity contribution in [3.8, 4) is 0 Å². The molecular weight excluding hydrogens is 280 g/mol. The maximum Gasteiger partial charge on any atom is 0.244 e. The predicted octanol–water partition coefficient (Wildman–Crippen LogP) is 2.88. The Hall–Kier alpha value is -2.56. The average Bonchev–Trinajstić information content (AvgIpc) is 2.89. The minimum Gasteiger partial charge on any atom is -0.467 e. The first-order valence-electron chi connectivity index (χ1n) is 7.10. The molecule has 1 aromatic carbocycles. The summed E-state index contributed by atoms with van der Waals surface area (Å²) in [5.41, 5.74) is 2.90. The van der Waals surface area contributed by atoms with Gasteiger partial charge < -0.3 is 14.6 Å². The van der Waals surface area contributed by atoms with E-state index in [4.69, 9.17) is 4.42 Å². The van der Waals surface area contributed by atoms with E-state index in [1.54, 1.807) is 18.4 Å². The molecule has 116 valence electrons. The summed E-state index contributed by atoms with van der Waals surface area (Å²) in [6.45, 7) is 5.65. The molecule has 2 amide bonds. The Kier molecular flexibility index (Phi) is 4.99. The van der Waals surface area contributed by atoms with E-state index in [2.05, 4.69) is 5.32 Å². The Morgan fingerprint density at radius 3 is 2.41 bits per heavy atom. The Labute approximate surface area is 129 Å². The number of hydrogen-bond donors (Lipinski definition) is 1. The minimum absolute atomic E-state index is 0.0109. The molecule has 0 unspecified atom stereocenters. The lowest BCUT2D eigenvalue weighted by atomic mass is 10.1. The molecule has 1 N–H and O–H groups in total. The van der Waals surface area contributed by atoms with Gasteiger partial charge in [-0.05, 0) is 49.2 Å². The summed E-state index contributed by atoms with van der Waals surface area (Å²) in [6, 6.07) is 9.36. The SMILES string of the molecule is CC(=O)N(CC(=O)Nc1cc(C)cc(C)c1)Cc1ccco1. The summed E-state index contributed by atoms with van der Waals surface area (Å²) < 4.78 is 5.22. The highest BCUT2D eigenvalue weighted by Gasteiger charge is 2.15. The number of carbonyl (C=O) groups is 2. The van der Waals surface area contributed by atoms with Crippen molar-refractivity contribution in [3.63, 3.8) is 0 Å². The Morgan fingerprint density at radius 2 is 1.86 bits per heavy atom. The van der Waals surface area contributed by atoms with Crippen LogP contribution < -0.4 is 5.32 Å². The smallest absolute Gasteiger partial charge is 0.244 e. The summed E-state index contributed by atoms with van der Waals surface area (Å²) in [4.78, 5) is 25.3. The molecule has 5 heteroatoms. The van der Waals surface area contributed by atoms with Gasteiger partial charge in [0.05, 0.1) is 12.8 Å². The molecule has 0 fully saturated rings. The van der Waals surface area contributed by atoms with Gasteiger partial charge in [0.1, 0.15) is 12.3 Å². The number of rotatable bonds is 5. The van der Waals surface area contributed by atoms with E-state index in [0.29, 0.717) is 5.76 Å². The number of amides is 2. The van der Waals surface area contributed by atoms with E-state index < -0.39 is 0 Å². The van der Waals surface area contributed by atoms with Crippen LogP contribution in [0, 0.1) is 13.8 Å². The summed E-state index contributed by atoms with van der Waals surface area (Å²) in [6.07, 6.45) is 1.54. The molecule has 0 spiro atoms. The molecule has 1 heterocycles. The number of carbonyl (C=O) groups excluding carboxylic acids is 2. The number of benzene rings is 1. The first-order chi connectivity index (χ1) is 10.4. The number of anilines is 1. The molecule has 5 nitrogen and oxygen atoms in total.